The molecule has 5 nitrogen and oxygen atoms in total. The van der Waals surface area contributed by atoms with Gasteiger partial charge < -0.3 is 24.8 Å². The third-order valence-corrected chi connectivity index (χ3v) is 3.08. The second-order valence-corrected chi connectivity index (χ2v) is 4.47. The Labute approximate surface area is 106 Å². The lowest BCUT2D eigenvalue weighted by atomic mass is 10.00. The molecule has 100 valence electrons. The minimum absolute atomic E-state index is 0.319. The SMILES string of the molecule is C[C@H]1O[C@@H](O)[C@H](O)[C@@H](O)[C@H]1OCc1ccccc1. The molecule has 1 aliphatic rings. The number of hydrogen-bond donors (Lipinski definition) is 3. The zero-order valence-electron chi connectivity index (χ0n) is 10.1. The average molecular weight is 254 g/mol. The Morgan fingerprint density at radius 1 is 1.11 bits per heavy atom. The van der Waals surface area contributed by atoms with E-state index in [-0.39, 0.29) is 0 Å². The Hall–Kier alpha value is -0.980. The van der Waals surface area contributed by atoms with Crippen molar-refractivity contribution in [1.82, 2.24) is 0 Å². The molecule has 5 atom stereocenters. The van der Waals surface area contributed by atoms with Gasteiger partial charge in [-0.15, -0.1) is 0 Å². The Bertz CT molecular complexity index is 369. The molecule has 5 heteroatoms. The first kappa shape index (κ1) is 13.5. The van der Waals surface area contributed by atoms with Crippen molar-refractivity contribution in [3.63, 3.8) is 0 Å². The van der Waals surface area contributed by atoms with Gasteiger partial charge in [-0.3, -0.25) is 0 Å². The monoisotopic (exact) mass is 254 g/mol. The van der Waals surface area contributed by atoms with Gasteiger partial charge in [0.2, 0.25) is 0 Å². The minimum atomic E-state index is -1.37. The second-order valence-electron chi connectivity index (χ2n) is 4.47. The molecule has 2 rings (SSSR count). The molecule has 0 aromatic heterocycles. The normalized spacial score (nSPS) is 36.6. The maximum atomic E-state index is 9.84. The number of rotatable bonds is 3. The Kier molecular flexibility index (Phi) is 4.31. The highest BCUT2D eigenvalue weighted by atomic mass is 16.6. The fraction of sp³-hybridized carbons (Fsp3) is 0.538. The lowest BCUT2D eigenvalue weighted by Gasteiger charge is -2.39. The highest BCUT2D eigenvalue weighted by molar-refractivity contribution is 5.13. The minimum Gasteiger partial charge on any atom is -0.387 e. The van der Waals surface area contributed by atoms with Crippen LogP contribution >= 0.6 is 0 Å². The molecule has 1 aromatic rings. The van der Waals surface area contributed by atoms with Crippen molar-refractivity contribution in [2.75, 3.05) is 0 Å². The van der Waals surface area contributed by atoms with Crippen molar-refractivity contribution in [2.45, 2.75) is 44.2 Å². The number of hydrogen-bond acceptors (Lipinski definition) is 5. The van der Waals surface area contributed by atoms with Crippen molar-refractivity contribution in [3.8, 4) is 0 Å². The topological polar surface area (TPSA) is 79.2 Å². The van der Waals surface area contributed by atoms with Gasteiger partial charge in [0.1, 0.15) is 18.3 Å². The maximum absolute atomic E-state index is 9.84. The molecular weight excluding hydrogens is 236 g/mol. The number of aliphatic hydroxyl groups is 3. The van der Waals surface area contributed by atoms with Gasteiger partial charge in [0, 0.05) is 0 Å². The molecular formula is C13H18O5. The summed E-state index contributed by atoms with van der Waals surface area (Å²) in [6.07, 6.45) is -5.02. The third-order valence-electron chi connectivity index (χ3n) is 3.08. The van der Waals surface area contributed by atoms with Crippen molar-refractivity contribution in [1.29, 1.82) is 0 Å². The van der Waals surface area contributed by atoms with E-state index in [0.717, 1.165) is 5.56 Å². The molecule has 0 unspecified atom stereocenters. The lowest BCUT2D eigenvalue weighted by molar-refractivity contribution is -0.287. The predicted molar refractivity (Wildman–Crippen MR) is 63.6 cm³/mol. The molecule has 1 saturated heterocycles. The highest BCUT2D eigenvalue weighted by Crippen LogP contribution is 2.23. The molecule has 18 heavy (non-hydrogen) atoms. The van der Waals surface area contributed by atoms with E-state index in [2.05, 4.69) is 0 Å². The molecule has 1 aliphatic heterocycles. The van der Waals surface area contributed by atoms with Crippen LogP contribution in [0.2, 0.25) is 0 Å². The van der Waals surface area contributed by atoms with Gasteiger partial charge in [0.15, 0.2) is 6.29 Å². The highest BCUT2D eigenvalue weighted by Gasteiger charge is 2.42. The summed E-state index contributed by atoms with van der Waals surface area (Å²) in [5.74, 6) is 0. The fourth-order valence-electron chi connectivity index (χ4n) is 2.02. The molecule has 3 N–H and O–H groups in total. The van der Waals surface area contributed by atoms with Crippen molar-refractivity contribution >= 4 is 0 Å². The van der Waals surface area contributed by atoms with Gasteiger partial charge in [-0.2, -0.15) is 0 Å². The second kappa shape index (κ2) is 5.77. The van der Waals surface area contributed by atoms with Crippen LogP contribution in [0.3, 0.4) is 0 Å². The first-order valence-electron chi connectivity index (χ1n) is 5.95. The Morgan fingerprint density at radius 3 is 2.44 bits per heavy atom. The van der Waals surface area contributed by atoms with E-state index in [4.69, 9.17) is 9.47 Å². The molecule has 0 saturated carbocycles. The van der Waals surface area contributed by atoms with Crippen LogP contribution in [-0.4, -0.2) is 46.0 Å². The van der Waals surface area contributed by atoms with Crippen LogP contribution in [0.25, 0.3) is 0 Å². The van der Waals surface area contributed by atoms with Gasteiger partial charge in [0.25, 0.3) is 0 Å². The van der Waals surface area contributed by atoms with Crippen molar-refractivity contribution in [2.24, 2.45) is 0 Å². The summed E-state index contributed by atoms with van der Waals surface area (Å²) < 4.78 is 10.7. The first-order chi connectivity index (χ1) is 8.59. The van der Waals surface area contributed by atoms with Gasteiger partial charge in [-0.25, -0.2) is 0 Å². The largest absolute Gasteiger partial charge is 0.387 e. The van der Waals surface area contributed by atoms with E-state index in [1.807, 2.05) is 30.3 Å². The average Bonchev–Trinajstić information content (AvgIpc) is 2.37. The zero-order chi connectivity index (χ0) is 13.1. The molecule has 0 bridgehead atoms. The van der Waals surface area contributed by atoms with Gasteiger partial charge in [-0.05, 0) is 12.5 Å². The molecule has 1 aromatic carbocycles. The fourth-order valence-corrected chi connectivity index (χ4v) is 2.02. The van der Waals surface area contributed by atoms with E-state index < -0.39 is 30.7 Å². The Balaban J connectivity index is 1.96. The molecule has 0 radical (unpaired) electrons. The standard InChI is InChI=1S/C13H18O5/c1-8-12(10(14)11(15)13(16)18-8)17-7-9-5-3-2-4-6-9/h2-6,8,10-16H,7H2,1H3/t8-,10-,11-,12+,13-/m1/s1. The number of aliphatic hydroxyl groups excluding tert-OH is 3. The van der Waals surface area contributed by atoms with Gasteiger partial charge in [-0.1, -0.05) is 30.3 Å². The van der Waals surface area contributed by atoms with Crippen molar-refractivity contribution < 1.29 is 24.8 Å². The van der Waals surface area contributed by atoms with Crippen LogP contribution < -0.4 is 0 Å². The quantitative estimate of drug-likeness (QED) is 0.709. The number of benzene rings is 1. The van der Waals surface area contributed by atoms with E-state index in [9.17, 15) is 15.3 Å². The van der Waals surface area contributed by atoms with E-state index >= 15 is 0 Å². The molecule has 1 fully saturated rings. The summed E-state index contributed by atoms with van der Waals surface area (Å²) in [6, 6.07) is 9.52. The van der Waals surface area contributed by atoms with Crippen LogP contribution in [-0.2, 0) is 16.1 Å². The van der Waals surface area contributed by atoms with Crippen LogP contribution in [0.4, 0.5) is 0 Å². The van der Waals surface area contributed by atoms with Gasteiger partial charge in [0.05, 0.1) is 12.7 Å². The lowest BCUT2D eigenvalue weighted by Crippen LogP contribution is -2.57. The predicted octanol–water partition coefficient (Wildman–Crippen LogP) is 0.0307. The maximum Gasteiger partial charge on any atom is 0.183 e. The zero-order valence-corrected chi connectivity index (χ0v) is 10.1. The smallest absolute Gasteiger partial charge is 0.183 e. The molecule has 0 aliphatic carbocycles. The summed E-state index contributed by atoms with van der Waals surface area (Å²) >= 11 is 0. The van der Waals surface area contributed by atoms with Gasteiger partial charge >= 0.3 is 0 Å². The van der Waals surface area contributed by atoms with E-state index in [0.29, 0.717) is 6.61 Å². The van der Waals surface area contributed by atoms with Crippen molar-refractivity contribution in [3.05, 3.63) is 35.9 Å². The van der Waals surface area contributed by atoms with Crippen LogP contribution in [0.1, 0.15) is 12.5 Å². The molecule has 0 amide bonds. The van der Waals surface area contributed by atoms with Crippen LogP contribution in [0.5, 0.6) is 0 Å². The Morgan fingerprint density at radius 2 is 1.78 bits per heavy atom. The summed E-state index contributed by atoms with van der Waals surface area (Å²) in [7, 11) is 0. The summed E-state index contributed by atoms with van der Waals surface area (Å²) in [5, 5.41) is 28.7. The summed E-state index contributed by atoms with van der Waals surface area (Å²) in [6.45, 7) is 2.01. The van der Waals surface area contributed by atoms with E-state index in [1.165, 1.54) is 0 Å². The third kappa shape index (κ3) is 2.88. The summed E-state index contributed by atoms with van der Waals surface area (Å²) in [4.78, 5) is 0. The van der Waals surface area contributed by atoms with E-state index in [1.54, 1.807) is 6.92 Å². The summed E-state index contributed by atoms with van der Waals surface area (Å²) in [5.41, 5.74) is 0.970. The first-order valence-corrected chi connectivity index (χ1v) is 5.95. The number of ether oxygens (including phenoxy) is 2. The van der Waals surface area contributed by atoms with Crippen LogP contribution in [0, 0.1) is 0 Å². The van der Waals surface area contributed by atoms with Crippen LogP contribution in [0.15, 0.2) is 30.3 Å². The molecule has 0 spiro atoms. The molecule has 1 heterocycles.